The van der Waals surface area contributed by atoms with Gasteiger partial charge in [0.2, 0.25) is 0 Å². The molecule has 152 valence electrons. The van der Waals surface area contributed by atoms with Gasteiger partial charge in [-0.25, -0.2) is 4.98 Å². The van der Waals surface area contributed by atoms with E-state index in [1.807, 2.05) is 13.8 Å². The fraction of sp³-hybridized carbons (Fsp3) is 0.0952. The molecule has 4 aromatic rings. The number of aryl methyl sites for hydroxylation is 2. The highest BCUT2D eigenvalue weighted by molar-refractivity contribution is 7.80. The van der Waals surface area contributed by atoms with Crippen molar-refractivity contribution in [3.8, 4) is 11.3 Å². The van der Waals surface area contributed by atoms with E-state index in [1.165, 1.54) is 16.9 Å². The average molecular weight is 476 g/mol. The molecule has 0 bridgehead atoms. The molecule has 4 rings (SSSR count). The number of carbonyl (C=O) groups excluding carboxylic acids is 1. The van der Waals surface area contributed by atoms with E-state index in [0.29, 0.717) is 26.5 Å². The number of hydrogen-bond donors (Lipinski definition) is 2. The maximum Gasteiger partial charge on any atom is 0.293 e. The van der Waals surface area contributed by atoms with Gasteiger partial charge >= 0.3 is 0 Å². The van der Waals surface area contributed by atoms with E-state index < -0.39 is 5.91 Å². The number of nitrogens with zero attached hydrogens (tertiary/aromatic N) is 1. The Morgan fingerprint density at radius 2 is 1.90 bits per heavy atom. The number of rotatable bonds is 3. The third-order valence-electron chi connectivity index (χ3n) is 4.31. The SMILES string of the molecule is Cc1cc(C)c2nc(NC(=S)NC(=O)c3ccc(-c4ccc(Cl)c(Cl)c4)o3)sc2c1. The molecular formula is C21H15Cl2N3O2S2. The number of nitrogens with one attached hydrogen (secondary N) is 2. The van der Waals surface area contributed by atoms with E-state index in [0.717, 1.165) is 15.8 Å². The molecule has 2 aromatic carbocycles. The lowest BCUT2D eigenvalue weighted by Crippen LogP contribution is -2.33. The predicted octanol–water partition coefficient (Wildman–Crippen LogP) is 6.61. The topological polar surface area (TPSA) is 67.2 Å². The van der Waals surface area contributed by atoms with Gasteiger partial charge in [0.1, 0.15) is 5.76 Å². The molecule has 0 aliphatic carbocycles. The van der Waals surface area contributed by atoms with Crippen molar-refractivity contribution in [3.05, 3.63) is 69.4 Å². The van der Waals surface area contributed by atoms with E-state index in [-0.39, 0.29) is 10.9 Å². The standard InChI is InChI=1S/C21H15Cl2N3O2S2/c1-10-7-11(2)18-17(8-10)30-21(24-18)26-20(29)25-19(27)16-6-5-15(28-16)12-3-4-13(22)14(23)9-12/h3-9H,1-2H3,(H2,24,25,26,27,29). The van der Waals surface area contributed by atoms with Gasteiger partial charge in [-0.3, -0.25) is 10.1 Å². The average Bonchev–Trinajstić information content (AvgIpc) is 3.31. The molecule has 1 amide bonds. The monoisotopic (exact) mass is 475 g/mol. The number of benzene rings is 2. The first kappa shape index (κ1) is 20.8. The molecule has 0 atom stereocenters. The van der Waals surface area contributed by atoms with Gasteiger partial charge in [0, 0.05) is 5.56 Å². The summed E-state index contributed by atoms with van der Waals surface area (Å²) in [7, 11) is 0. The number of halogens is 2. The third kappa shape index (κ3) is 4.34. The minimum atomic E-state index is -0.466. The molecule has 2 heterocycles. The van der Waals surface area contributed by atoms with Crippen LogP contribution in [0.5, 0.6) is 0 Å². The van der Waals surface area contributed by atoms with E-state index in [1.54, 1.807) is 30.3 Å². The zero-order valence-electron chi connectivity index (χ0n) is 15.9. The van der Waals surface area contributed by atoms with E-state index in [4.69, 9.17) is 39.8 Å². The van der Waals surface area contributed by atoms with E-state index in [2.05, 4.69) is 27.8 Å². The van der Waals surface area contributed by atoms with Crippen LogP contribution in [-0.4, -0.2) is 16.0 Å². The van der Waals surface area contributed by atoms with E-state index >= 15 is 0 Å². The van der Waals surface area contributed by atoms with Crippen LogP contribution in [0.25, 0.3) is 21.5 Å². The zero-order chi connectivity index (χ0) is 21.4. The quantitative estimate of drug-likeness (QED) is 0.326. The Hall–Kier alpha value is -2.45. The molecule has 0 saturated carbocycles. The van der Waals surface area contributed by atoms with Gasteiger partial charge in [-0.2, -0.15) is 0 Å². The van der Waals surface area contributed by atoms with Crippen LogP contribution in [0.4, 0.5) is 5.13 Å². The number of furan rings is 1. The molecule has 0 unspecified atom stereocenters. The molecule has 0 aliphatic rings. The van der Waals surface area contributed by atoms with Crippen LogP contribution in [0.15, 0.2) is 46.9 Å². The van der Waals surface area contributed by atoms with Crippen LogP contribution in [0.2, 0.25) is 10.0 Å². The summed E-state index contributed by atoms with van der Waals surface area (Å²) in [4.78, 5) is 17.0. The van der Waals surface area contributed by atoms with Gasteiger partial charge in [0.05, 0.1) is 20.3 Å². The molecule has 9 heteroatoms. The summed E-state index contributed by atoms with van der Waals surface area (Å²) < 4.78 is 6.70. The Labute approximate surface area is 192 Å². The van der Waals surface area contributed by atoms with Crippen LogP contribution in [0, 0.1) is 13.8 Å². The van der Waals surface area contributed by atoms with Gasteiger partial charge in [0.15, 0.2) is 16.0 Å². The number of thiocarbonyl (C=S) groups is 1. The number of aromatic nitrogens is 1. The Balaban J connectivity index is 1.45. The molecule has 0 radical (unpaired) electrons. The number of fused-ring (bicyclic) bond motifs is 1. The normalized spacial score (nSPS) is 10.9. The Morgan fingerprint density at radius 1 is 1.10 bits per heavy atom. The summed E-state index contributed by atoms with van der Waals surface area (Å²) in [5.41, 5.74) is 3.89. The van der Waals surface area contributed by atoms with Crippen molar-refractivity contribution < 1.29 is 9.21 Å². The lowest BCUT2D eigenvalue weighted by molar-refractivity contribution is 0.0951. The van der Waals surface area contributed by atoms with Crippen LogP contribution in [0.1, 0.15) is 21.7 Å². The molecule has 30 heavy (non-hydrogen) atoms. The molecule has 0 saturated heterocycles. The van der Waals surface area contributed by atoms with Gasteiger partial charge in [0.25, 0.3) is 5.91 Å². The second-order valence-electron chi connectivity index (χ2n) is 6.65. The van der Waals surface area contributed by atoms with Crippen molar-refractivity contribution in [2.45, 2.75) is 13.8 Å². The predicted molar refractivity (Wildman–Crippen MR) is 127 cm³/mol. The molecule has 0 fully saturated rings. The Bertz CT molecular complexity index is 1300. The Kier molecular flexibility index (Phi) is 5.79. The van der Waals surface area contributed by atoms with Gasteiger partial charge in [-0.05, 0) is 73.6 Å². The maximum atomic E-state index is 12.5. The first-order chi connectivity index (χ1) is 14.3. The molecule has 5 nitrogen and oxygen atoms in total. The summed E-state index contributed by atoms with van der Waals surface area (Å²) in [6, 6.07) is 12.5. The summed E-state index contributed by atoms with van der Waals surface area (Å²) in [6.07, 6.45) is 0. The van der Waals surface area contributed by atoms with Crippen molar-refractivity contribution >= 4 is 73.1 Å². The van der Waals surface area contributed by atoms with Gasteiger partial charge in [-0.15, -0.1) is 0 Å². The molecule has 2 N–H and O–H groups in total. The first-order valence-electron chi connectivity index (χ1n) is 8.85. The summed E-state index contributed by atoms with van der Waals surface area (Å²) in [5, 5.41) is 7.17. The maximum absolute atomic E-state index is 12.5. The van der Waals surface area contributed by atoms with E-state index in [9.17, 15) is 4.79 Å². The fourth-order valence-electron chi connectivity index (χ4n) is 2.98. The summed E-state index contributed by atoms with van der Waals surface area (Å²) >= 11 is 18.7. The van der Waals surface area contributed by atoms with Crippen LogP contribution in [-0.2, 0) is 0 Å². The lowest BCUT2D eigenvalue weighted by Gasteiger charge is -2.05. The van der Waals surface area contributed by atoms with Crippen LogP contribution >= 0.6 is 46.8 Å². The second kappa shape index (κ2) is 8.35. The van der Waals surface area contributed by atoms with Crippen LogP contribution < -0.4 is 10.6 Å². The smallest absolute Gasteiger partial charge is 0.293 e. The van der Waals surface area contributed by atoms with Crippen molar-refractivity contribution in [2.75, 3.05) is 5.32 Å². The highest BCUT2D eigenvalue weighted by Crippen LogP contribution is 2.30. The third-order valence-corrected chi connectivity index (χ3v) is 6.17. The largest absolute Gasteiger partial charge is 0.451 e. The lowest BCUT2D eigenvalue weighted by atomic mass is 10.1. The highest BCUT2D eigenvalue weighted by atomic mass is 35.5. The number of hydrogen-bond acceptors (Lipinski definition) is 5. The minimum absolute atomic E-state index is 0.121. The van der Waals surface area contributed by atoms with Crippen molar-refractivity contribution in [1.82, 2.24) is 10.3 Å². The van der Waals surface area contributed by atoms with Crippen molar-refractivity contribution in [1.29, 1.82) is 0 Å². The number of carbonyl (C=O) groups is 1. The van der Waals surface area contributed by atoms with Crippen molar-refractivity contribution in [2.24, 2.45) is 0 Å². The fourth-order valence-corrected chi connectivity index (χ4v) is 4.58. The van der Waals surface area contributed by atoms with Crippen molar-refractivity contribution in [3.63, 3.8) is 0 Å². The summed E-state index contributed by atoms with van der Waals surface area (Å²) in [5.74, 6) is 0.151. The minimum Gasteiger partial charge on any atom is -0.451 e. The molecule has 0 spiro atoms. The zero-order valence-corrected chi connectivity index (χ0v) is 19.0. The highest BCUT2D eigenvalue weighted by Gasteiger charge is 2.15. The second-order valence-corrected chi connectivity index (χ2v) is 8.90. The number of amides is 1. The summed E-state index contributed by atoms with van der Waals surface area (Å²) in [6.45, 7) is 4.06. The molecule has 2 aromatic heterocycles. The van der Waals surface area contributed by atoms with Gasteiger partial charge < -0.3 is 9.73 Å². The van der Waals surface area contributed by atoms with Gasteiger partial charge in [-0.1, -0.05) is 40.6 Å². The molecular weight excluding hydrogens is 461 g/mol. The molecule has 0 aliphatic heterocycles. The number of anilines is 1. The number of thiazole rings is 1. The van der Waals surface area contributed by atoms with Crippen LogP contribution in [0.3, 0.4) is 0 Å². The first-order valence-corrected chi connectivity index (χ1v) is 10.8. The Morgan fingerprint density at radius 3 is 2.67 bits per heavy atom.